The van der Waals surface area contributed by atoms with E-state index in [9.17, 15) is 4.79 Å². The van der Waals surface area contributed by atoms with Crippen molar-refractivity contribution in [2.75, 3.05) is 13.1 Å². The van der Waals surface area contributed by atoms with Crippen molar-refractivity contribution in [2.45, 2.75) is 32.7 Å². The van der Waals surface area contributed by atoms with Crippen LogP contribution in [-0.4, -0.2) is 35.8 Å². The van der Waals surface area contributed by atoms with Crippen LogP contribution in [-0.2, 0) is 11.2 Å². The van der Waals surface area contributed by atoms with Crippen LogP contribution in [0.3, 0.4) is 0 Å². The lowest BCUT2D eigenvalue weighted by Crippen LogP contribution is -2.45. The second-order valence-electron chi connectivity index (χ2n) is 4.84. The van der Waals surface area contributed by atoms with E-state index in [2.05, 4.69) is 0 Å². The van der Waals surface area contributed by atoms with Gasteiger partial charge in [0, 0.05) is 18.7 Å². The van der Waals surface area contributed by atoms with Crippen molar-refractivity contribution in [2.24, 2.45) is 11.5 Å². The molecule has 1 aromatic carbocycles. The number of carbonyl (C=O) groups excluding carboxylic acids is 1. The van der Waals surface area contributed by atoms with Crippen molar-refractivity contribution < 1.29 is 4.79 Å². The van der Waals surface area contributed by atoms with Crippen molar-refractivity contribution in [3.05, 3.63) is 35.4 Å². The van der Waals surface area contributed by atoms with Gasteiger partial charge in [-0.25, -0.2) is 0 Å². The fourth-order valence-electron chi connectivity index (χ4n) is 2.09. The highest BCUT2D eigenvalue weighted by Gasteiger charge is 2.19. The summed E-state index contributed by atoms with van der Waals surface area (Å²) in [6.07, 6.45) is 1.43. The van der Waals surface area contributed by atoms with Gasteiger partial charge in [0.05, 0.1) is 6.04 Å². The molecule has 0 spiro atoms. The molecule has 0 aliphatic rings. The third-order valence-electron chi connectivity index (χ3n) is 3.22. The molecule has 0 aliphatic carbocycles. The van der Waals surface area contributed by atoms with Crippen molar-refractivity contribution in [3.63, 3.8) is 0 Å². The van der Waals surface area contributed by atoms with Gasteiger partial charge in [-0.3, -0.25) is 10.2 Å². The van der Waals surface area contributed by atoms with E-state index in [-0.39, 0.29) is 11.7 Å². The first-order valence-electron chi connectivity index (χ1n) is 6.97. The minimum absolute atomic E-state index is 0.00926. The van der Waals surface area contributed by atoms with Crippen LogP contribution in [0.2, 0.25) is 0 Å². The Morgan fingerprint density at radius 3 is 2.35 bits per heavy atom. The maximum Gasteiger partial charge on any atom is 0.239 e. The Balaban J connectivity index is 2.67. The van der Waals surface area contributed by atoms with Crippen LogP contribution in [0.15, 0.2) is 24.3 Å². The fraction of sp³-hybridized carbons (Fsp3) is 0.467. The summed E-state index contributed by atoms with van der Waals surface area (Å²) in [5.74, 6) is 0.0297. The van der Waals surface area contributed by atoms with Gasteiger partial charge in [-0.2, -0.15) is 0 Å². The number of amidine groups is 1. The standard InChI is InChI=1S/C15H24N4O/c1-3-9-19(4-2)15(20)13(16)10-11-5-7-12(8-6-11)14(17)18/h5-8,13H,3-4,9-10,16H2,1-2H3,(H3,17,18). The van der Waals surface area contributed by atoms with E-state index in [0.717, 1.165) is 18.5 Å². The molecule has 5 nitrogen and oxygen atoms in total. The van der Waals surface area contributed by atoms with Crippen molar-refractivity contribution in [3.8, 4) is 0 Å². The smallest absolute Gasteiger partial charge is 0.239 e. The summed E-state index contributed by atoms with van der Waals surface area (Å²) in [6, 6.07) is 6.75. The number of likely N-dealkylation sites (N-methyl/N-ethyl adjacent to an activating group) is 1. The van der Waals surface area contributed by atoms with Gasteiger partial charge in [-0.1, -0.05) is 31.2 Å². The van der Waals surface area contributed by atoms with Gasteiger partial charge in [-0.05, 0) is 25.3 Å². The summed E-state index contributed by atoms with van der Waals surface area (Å²) in [4.78, 5) is 14.0. The molecule has 5 heteroatoms. The predicted octanol–water partition coefficient (Wildman–Crippen LogP) is 1.10. The maximum atomic E-state index is 12.2. The van der Waals surface area contributed by atoms with Gasteiger partial charge in [0.25, 0.3) is 0 Å². The van der Waals surface area contributed by atoms with Gasteiger partial charge in [0.1, 0.15) is 5.84 Å². The Morgan fingerprint density at radius 2 is 1.90 bits per heavy atom. The molecule has 110 valence electrons. The summed E-state index contributed by atoms with van der Waals surface area (Å²) in [7, 11) is 0. The first-order chi connectivity index (χ1) is 9.49. The van der Waals surface area contributed by atoms with Crippen LogP contribution < -0.4 is 11.5 Å². The van der Waals surface area contributed by atoms with Crippen LogP contribution in [0.1, 0.15) is 31.4 Å². The Morgan fingerprint density at radius 1 is 1.30 bits per heavy atom. The summed E-state index contributed by atoms with van der Waals surface area (Å²) < 4.78 is 0. The molecule has 0 saturated carbocycles. The summed E-state index contributed by atoms with van der Waals surface area (Å²) in [6.45, 7) is 5.43. The van der Waals surface area contributed by atoms with Gasteiger partial charge in [-0.15, -0.1) is 0 Å². The average Bonchev–Trinajstić information content (AvgIpc) is 2.44. The molecule has 0 aromatic heterocycles. The summed E-state index contributed by atoms with van der Waals surface area (Å²) in [5.41, 5.74) is 13.0. The van der Waals surface area contributed by atoms with Gasteiger partial charge in [0.2, 0.25) is 5.91 Å². The molecule has 0 fully saturated rings. The zero-order valence-electron chi connectivity index (χ0n) is 12.2. The van der Waals surface area contributed by atoms with Crippen LogP contribution >= 0.6 is 0 Å². The van der Waals surface area contributed by atoms with E-state index in [4.69, 9.17) is 16.9 Å². The van der Waals surface area contributed by atoms with E-state index >= 15 is 0 Å². The number of amides is 1. The lowest BCUT2D eigenvalue weighted by Gasteiger charge is -2.23. The van der Waals surface area contributed by atoms with E-state index in [1.807, 2.05) is 26.0 Å². The molecule has 1 aromatic rings. The zero-order valence-corrected chi connectivity index (χ0v) is 12.2. The molecule has 1 atom stereocenters. The number of nitrogens with zero attached hydrogens (tertiary/aromatic N) is 1. The van der Waals surface area contributed by atoms with Gasteiger partial charge in [0.15, 0.2) is 0 Å². The lowest BCUT2D eigenvalue weighted by atomic mass is 10.0. The highest BCUT2D eigenvalue weighted by molar-refractivity contribution is 5.94. The minimum atomic E-state index is -0.523. The monoisotopic (exact) mass is 276 g/mol. The first-order valence-corrected chi connectivity index (χ1v) is 6.97. The summed E-state index contributed by atoms with van der Waals surface area (Å²) >= 11 is 0. The van der Waals surface area contributed by atoms with Gasteiger partial charge >= 0.3 is 0 Å². The van der Waals surface area contributed by atoms with Crippen LogP contribution in [0.25, 0.3) is 0 Å². The normalized spacial score (nSPS) is 11.9. The molecule has 1 rings (SSSR count). The predicted molar refractivity (Wildman–Crippen MR) is 81.7 cm³/mol. The zero-order chi connectivity index (χ0) is 15.1. The highest BCUT2D eigenvalue weighted by atomic mass is 16.2. The molecule has 0 saturated heterocycles. The third kappa shape index (κ3) is 4.35. The Bertz CT molecular complexity index is 455. The van der Waals surface area contributed by atoms with Crippen LogP contribution in [0.5, 0.6) is 0 Å². The maximum absolute atomic E-state index is 12.2. The SMILES string of the molecule is CCCN(CC)C(=O)C(N)Cc1ccc(C(=N)N)cc1. The minimum Gasteiger partial charge on any atom is -0.384 e. The summed E-state index contributed by atoms with van der Waals surface area (Å²) in [5, 5.41) is 7.34. The van der Waals surface area contributed by atoms with Crippen molar-refractivity contribution in [1.82, 2.24) is 4.90 Å². The highest BCUT2D eigenvalue weighted by Crippen LogP contribution is 2.08. The number of hydrogen-bond acceptors (Lipinski definition) is 3. The molecule has 0 radical (unpaired) electrons. The molecule has 1 unspecified atom stereocenters. The van der Waals surface area contributed by atoms with Crippen molar-refractivity contribution >= 4 is 11.7 Å². The number of rotatable bonds is 7. The van der Waals surface area contributed by atoms with Gasteiger partial charge < -0.3 is 16.4 Å². The Kier molecular flexibility index (Phi) is 6.18. The van der Waals surface area contributed by atoms with Crippen LogP contribution in [0.4, 0.5) is 0 Å². The molecule has 5 N–H and O–H groups in total. The lowest BCUT2D eigenvalue weighted by molar-refractivity contribution is -0.132. The largest absolute Gasteiger partial charge is 0.384 e. The number of carbonyl (C=O) groups is 1. The van der Waals surface area contributed by atoms with E-state index in [0.29, 0.717) is 18.5 Å². The molecule has 20 heavy (non-hydrogen) atoms. The Hall–Kier alpha value is -1.88. The molecule has 0 bridgehead atoms. The topological polar surface area (TPSA) is 96.2 Å². The molecular weight excluding hydrogens is 252 g/mol. The number of benzene rings is 1. The van der Waals surface area contributed by atoms with Crippen LogP contribution in [0, 0.1) is 5.41 Å². The first kappa shape index (κ1) is 16.2. The van der Waals surface area contributed by atoms with E-state index < -0.39 is 6.04 Å². The number of nitrogens with two attached hydrogens (primary N) is 2. The molecule has 1 amide bonds. The Labute approximate surface area is 120 Å². The van der Waals surface area contributed by atoms with Crippen molar-refractivity contribution in [1.29, 1.82) is 5.41 Å². The third-order valence-corrected chi connectivity index (χ3v) is 3.22. The number of nitrogen functional groups attached to an aromatic ring is 1. The molecular formula is C15H24N4O. The average molecular weight is 276 g/mol. The number of nitrogens with one attached hydrogen (secondary N) is 1. The number of hydrogen-bond donors (Lipinski definition) is 3. The second kappa shape index (κ2) is 7.65. The molecule has 0 heterocycles. The van der Waals surface area contributed by atoms with E-state index in [1.54, 1.807) is 17.0 Å². The quantitative estimate of drug-likeness (QED) is 0.514. The molecule has 0 aliphatic heterocycles. The second-order valence-corrected chi connectivity index (χ2v) is 4.84. The fourth-order valence-corrected chi connectivity index (χ4v) is 2.09. The van der Waals surface area contributed by atoms with E-state index in [1.165, 1.54) is 0 Å².